The number of carbonyl (C=O) groups is 1. The van der Waals surface area contributed by atoms with E-state index in [1.165, 1.54) is 0 Å². The number of carbonyl (C=O) groups excluding carboxylic acids is 1. The highest BCUT2D eigenvalue weighted by Gasteiger charge is 2.25. The van der Waals surface area contributed by atoms with Gasteiger partial charge in [0.05, 0.1) is 18.7 Å². The smallest absolute Gasteiger partial charge is 0.237 e. The number of rotatable bonds is 4. The Morgan fingerprint density at radius 3 is 2.93 bits per heavy atom. The lowest BCUT2D eigenvalue weighted by molar-refractivity contribution is -0.125. The van der Waals surface area contributed by atoms with Gasteiger partial charge in [-0.3, -0.25) is 4.79 Å². The van der Waals surface area contributed by atoms with Crippen molar-refractivity contribution in [2.75, 3.05) is 13.2 Å². The van der Waals surface area contributed by atoms with Gasteiger partial charge in [0.1, 0.15) is 0 Å². The van der Waals surface area contributed by atoms with E-state index in [1.807, 2.05) is 6.92 Å². The third-order valence-corrected chi connectivity index (χ3v) is 3.04. The molecule has 0 aromatic heterocycles. The van der Waals surface area contributed by atoms with E-state index in [9.17, 15) is 4.79 Å². The molecule has 1 amide bonds. The molecule has 0 aromatic carbocycles. The molecular weight excluding hydrogens is 192 g/mol. The van der Waals surface area contributed by atoms with Crippen molar-refractivity contribution in [3.05, 3.63) is 0 Å². The van der Waals surface area contributed by atoms with E-state index in [0.29, 0.717) is 5.92 Å². The lowest BCUT2D eigenvalue weighted by atomic mass is 9.94. The number of amides is 1. The molecule has 1 aliphatic rings. The van der Waals surface area contributed by atoms with Crippen LogP contribution in [0.3, 0.4) is 0 Å². The second-order valence-corrected chi connectivity index (χ2v) is 4.43. The third-order valence-electron chi connectivity index (χ3n) is 3.04. The summed E-state index contributed by atoms with van der Waals surface area (Å²) in [5.41, 5.74) is 0. The minimum absolute atomic E-state index is 0.0184. The van der Waals surface area contributed by atoms with Crippen LogP contribution >= 0.6 is 0 Å². The zero-order chi connectivity index (χ0) is 11.3. The molecule has 1 rings (SSSR count). The van der Waals surface area contributed by atoms with Crippen LogP contribution in [0.4, 0.5) is 0 Å². The van der Waals surface area contributed by atoms with Crippen molar-refractivity contribution in [1.29, 1.82) is 0 Å². The van der Waals surface area contributed by atoms with Gasteiger partial charge in [-0.25, -0.2) is 0 Å². The van der Waals surface area contributed by atoms with E-state index in [1.54, 1.807) is 0 Å². The summed E-state index contributed by atoms with van der Waals surface area (Å²) < 4.78 is 0. The standard InChI is InChI=1S/C11H22N2O2/c1-3-9(7-14)13-11(15)10-6-8(2)4-5-12-10/h8-10,12,14H,3-7H2,1-2H3,(H,13,15)/t8?,9-,10?/m0/s1. The van der Waals surface area contributed by atoms with Crippen molar-refractivity contribution < 1.29 is 9.90 Å². The molecule has 3 N–H and O–H groups in total. The van der Waals surface area contributed by atoms with Gasteiger partial charge in [0.2, 0.25) is 5.91 Å². The first-order chi connectivity index (χ1) is 7.17. The molecule has 15 heavy (non-hydrogen) atoms. The molecule has 0 saturated carbocycles. The van der Waals surface area contributed by atoms with Crippen LogP contribution in [0.5, 0.6) is 0 Å². The number of nitrogens with one attached hydrogen (secondary N) is 2. The molecule has 88 valence electrons. The van der Waals surface area contributed by atoms with Crippen LogP contribution in [0, 0.1) is 5.92 Å². The van der Waals surface area contributed by atoms with Crippen molar-refractivity contribution in [2.45, 2.75) is 45.2 Å². The molecule has 4 nitrogen and oxygen atoms in total. The van der Waals surface area contributed by atoms with Crippen LogP contribution < -0.4 is 10.6 Å². The van der Waals surface area contributed by atoms with Crippen LogP contribution in [0.15, 0.2) is 0 Å². The van der Waals surface area contributed by atoms with Crippen molar-refractivity contribution in [1.82, 2.24) is 10.6 Å². The lowest BCUT2D eigenvalue weighted by Gasteiger charge is -2.28. The molecule has 1 saturated heterocycles. The number of hydrogen-bond acceptors (Lipinski definition) is 3. The fourth-order valence-electron chi connectivity index (χ4n) is 1.89. The fourth-order valence-corrected chi connectivity index (χ4v) is 1.89. The fraction of sp³-hybridized carbons (Fsp3) is 0.909. The van der Waals surface area contributed by atoms with Gasteiger partial charge in [-0.05, 0) is 31.7 Å². The molecule has 3 atom stereocenters. The first-order valence-electron chi connectivity index (χ1n) is 5.82. The molecule has 1 heterocycles. The Hall–Kier alpha value is -0.610. The first kappa shape index (κ1) is 12.5. The summed E-state index contributed by atoms with van der Waals surface area (Å²) in [6.07, 6.45) is 2.80. The number of aliphatic hydroxyl groups excluding tert-OH is 1. The van der Waals surface area contributed by atoms with E-state index in [-0.39, 0.29) is 24.6 Å². The normalized spacial score (nSPS) is 28.5. The van der Waals surface area contributed by atoms with Gasteiger partial charge in [-0.15, -0.1) is 0 Å². The van der Waals surface area contributed by atoms with Gasteiger partial charge in [0.25, 0.3) is 0 Å². The summed E-state index contributed by atoms with van der Waals surface area (Å²) in [5, 5.41) is 15.1. The van der Waals surface area contributed by atoms with Gasteiger partial charge in [0.15, 0.2) is 0 Å². The molecule has 1 aliphatic heterocycles. The molecule has 2 unspecified atom stereocenters. The van der Waals surface area contributed by atoms with Gasteiger partial charge >= 0.3 is 0 Å². The Labute approximate surface area is 91.4 Å². The van der Waals surface area contributed by atoms with E-state index in [0.717, 1.165) is 25.8 Å². The van der Waals surface area contributed by atoms with Crippen molar-refractivity contribution in [3.63, 3.8) is 0 Å². The van der Waals surface area contributed by atoms with E-state index in [4.69, 9.17) is 5.11 Å². The van der Waals surface area contributed by atoms with Crippen molar-refractivity contribution >= 4 is 5.91 Å². The second kappa shape index (κ2) is 6.08. The second-order valence-electron chi connectivity index (χ2n) is 4.43. The van der Waals surface area contributed by atoms with Gasteiger partial charge < -0.3 is 15.7 Å². The minimum Gasteiger partial charge on any atom is -0.394 e. The SMILES string of the molecule is CC[C@@H](CO)NC(=O)C1CC(C)CCN1. The molecular formula is C11H22N2O2. The molecule has 4 heteroatoms. The maximum absolute atomic E-state index is 11.8. The van der Waals surface area contributed by atoms with Gasteiger partial charge in [0, 0.05) is 0 Å². The Bertz CT molecular complexity index is 205. The van der Waals surface area contributed by atoms with Gasteiger partial charge in [-0.1, -0.05) is 13.8 Å². The highest BCUT2D eigenvalue weighted by Crippen LogP contribution is 2.15. The largest absolute Gasteiger partial charge is 0.394 e. The summed E-state index contributed by atoms with van der Waals surface area (Å²) in [6, 6.07) is -0.175. The molecule has 0 aromatic rings. The monoisotopic (exact) mass is 214 g/mol. The predicted octanol–water partition coefficient (Wildman–Crippen LogP) is 0.262. The summed E-state index contributed by atoms with van der Waals surface area (Å²) in [6.45, 7) is 5.06. The van der Waals surface area contributed by atoms with Crippen molar-refractivity contribution in [2.24, 2.45) is 5.92 Å². The predicted molar refractivity (Wildman–Crippen MR) is 59.5 cm³/mol. The average Bonchev–Trinajstić information content (AvgIpc) is 2.25. The number of aliphatic hydroxyl groups is 1. The Balaban J connectivity index is 2.38. The Kier molecular flexibility index (Phi) is 5.05. The van der Waals surface area contributed by atoms with Crippen LogP contribution in [0.1, 0.15) is 33.1 Å². The molecule has 0 aliphatic carbocycles. The topological polar surface area (TPSA) is 61.4 Å². The quantitative estimate of drug-likeness (QED) is 0.629. The van der Waals surface area contributed by atoms with Crippen LogP contribution in [0.25, 0.3) is 0 Å². The summed E-state index contributed by atoms with van der Waals surface area (Å²) in [5.74, 6) is 0.638. The zero-order valence-electron chi connectivity index (χ0n) is 9.62. The number of piperidine rings is 1. The summed E-state index contributed by atoms with van der Waals surface area (Å²) >= 11 is 0. The minimum atomic E-state index is -0.100. The third kappa shape index (κ3) is 3.80. The Morgan fingerprint density at radius 2 is 2.40 bits per heavy atom. The maximum Gasteiger partial charge on any atom is 0.237 e. The molecule has 0 radical (unpaired) electrons. The first-order valence-corrected chi connectivity index (χ1v) is 5.82. The lowest BCUT2D eigenvalue weighted by Crippen LogP contribution is -2.51. The van der Waals surface area contributed by atoms with Crippen LogP contribution in [-0.2, 0) is 4.79 Å². The van der Waals surface area contributed by atoms with Crippen molar-refractivity contribution in [3.8, 4) is 0 Å². The van der Waals surface area contributed by atoms with Crippen LogP contribution in [0.2, 0.25) is 0 Å². The number of hydrogen-bond donors (Lipinski definition) is 3. The summed E-state index contributed by atoms with van der Waals surface area (Å²) in [7, 11) is 0. The summed E-state index contributed by atoms with van der Waals surface area (Å²) in [4.78, 5) is 11.8. The highest BCUT2D eigenvalue weighted by molar-refractivity contribution is 5.82. The highest BCUT2D eigenvalue weighted by atomic mass is 16.3. The zero-order valence-corrected chi connectivity index (χ0v) is 9.62. The maximum atomic E-state index is 11.8. The average molecular weight is 214 g/mol. The van der Waals surface area contributed by atoms with Gasteiger partial charge in [-0.2, -0.15) is 0 Å². The van der Waals surface area contributed by atoms with Crippen LogP contribution in [-0.4, -0.2) is 36.2 Å². The molecule has 1 fully saturated rings. The van der Waals surface area contributed by atoms with E-state index in [2.05, 4.69) is 17.6 Å². The van der Waals surface area contributed by atoms with E-state index < -0.39 is 0 Å². The Morgan fingerprint density at radius 1 is 1.67 bits per heavy atom. The molecule has 0 spiro atoms. The molecule has 0 bridgehead atoms. The van der Waals surface area contributed by atoms with E-state index >= 15 is 0 Å².